The summed E-state index contributed by atoms with van der Waals surface area (Å²) in [6, 6.07) is 0. The van der Waals surface area contributed by atoms with E-state index in [0.29, 0.717) is 17.8 Å². The highest BCUT2D eigenvalue weighted by molar-refractivity contribution is 5.89. The van der Waals surface area contributed by atoms with Gasteiger partial charge in [0.1, 0.15) is 5.60 Å². The molecule has 0 bridgehead atoms. The molecule has 0 amide bonds. The summed E-state index contributed by atoms with van der Waals surface area (Å²) in [7, 11) is 0. The zero-order chi connectivity index (χ0) is 21.0. The molecular weight excluding hydrogens is 356 g/mol. The van der Waals surface area contributed by atoms with Gasteiger partial charge in [-0.15, -0.1) is 0 Å². The van der Waals surface area contributed by atoms with Gasteiger partial charge >= 0.3 is 0 Å². The minimum atomic E-state index is -1.03. The van der Waals surface area contributed by atoms with Crippen molar-refractivity contribution in [3.05, 3.63) is 0 Å². The van der Waals surface area contributed by atoms with Crippen LogP contribution >= 0.6 is 0 Å². The number of Topliss-reactive ketones (excluding diaryl/α,β-unsaturated/α-hetero) is 1. The van der Waals surface area contributed by atoms with Crippen molar-refractivity contribution in [1.82, 2.24) is 0 Å². The Bertz CT molecular complexity index is 626. The van der Waals surface area contributed by atoms with Crippen LogP contribution in [-0.4, -0.2) is 16.5 Å². The molecule has 0 aromatic rings. The van der Waals surface area contributed by atoms with Crippen molar-refractivity contribution >= 4 is 5.78 Å². The Morgan fingerprint density at radius 3 is 2.45 bits per heavy atom. The zero-order valence-electron chi connectivity index (χ0n) is 19.8. The second-order valence-electron chi connectivity index (χ2n) is 12.5. The van der Waals surface area contributed by atoms with Gasteiger partial charge in [0, 0.05) is 11.8 Å². The Balaban J connectivity index is 1.51. The first-order chi connectivity index (χ1) is 13.6. The van der Waals surface area contributed by atoms with Crippen molar-refractivity contribution in [3.63, 3.8) is 0 Å². The van der Waals surface area contributed by atoms with Gasteiger partial charge < -0.3 is 5.11 Å². The normalized spacial score (nSPS) is 48.2. The Morgan fingerprint density at radius 1 is 0.966 bits per heavy atom. The summed E-state index contributed by atoms with van der Waals surface area (Å²) < 4.78 is 0. The fraction of sp³-hybridized carbons (Fsp3) is 0.963. The molecule has 4 saturated carbocycles. The van der Waals surface area contributed by atoms with Gasteiger partial charge in [0.2, 0.25) is 0 Å². The van der Waals surface area contributed by atoms with E-state index in [9.17, 15) is 9.90 Å². The second-order valence-corrected chi connectivity index (χ2v) is 12.5. The molecule has 0 aromatic heterocycles. The molecule has 0 aromatic carbocycles. The summed E-state index contributed by atoms with van der Waals surface area (Å²) in [5.74, 6) is 4.80. The van der Waals surface area contributed by atoms with Crippen LogP contribution in [0.4, 0.5) is 0 Å². The maximum Gasteiger partial charge on any atom is 0.164 e. The molecule has 0 heterocycles. The number of ketones is 1. The molecule has 0 aliphatic heterocycles. The molecule has 29 heavy (non-hydrogen) atoms. The Morgan fingerprint density at radius 2 is 1.72 bits per heavy atom. The van der Waals surface area contributed by atoms with Crippen LogP contribution in [0, 0.1) is 46.3 Å². The highest BCUT2D eigenvalue weighted by atomic mass is 16.3. The molecule has 1 N–H and O–H groups in total. The minimum absolute atomic E-state index is 0.154. The van der Waals surface area contributed by atoms with Gasteiger partial charge in [0.15, 0.2) is 5.78 Å². The number of fused-ring (bicyclic) bond motifs is 5. The first-order valence-corrected chi connectivity index (χ1v) is 12.9. The summed E-state index contributed by atoms with van der Waals surface area (Å²) in [6.45, 7) is 12.1. The summed E-state index contributed by atoms with van der Waals surface area (Å²) in [5, 5.41) is 11.5. The van der Waals surface area contributed by atoms with Gasteiger partial charge in [-0.2, -0.15) is 0 Å². The van der Waals surface area contributed by atoms with E-state index in [1.165, 1.54) is 44.9 Å². The van der Waals surface area contributed by atoms with Crippen LogP contribution in [0.3, 0.4) is 0 Å². The number of hydrogen-bond acceptors (Lipinski definition) is 2. The van der Waals surface area contributed by atoms with Crippen LogP contribution in [-0.2, 0) is 4.79 Å². The van der Waals surface area contributed by atoms with E-state index in [4.69, 9.17) is 0 Å². The van der Waals surface area contributed by atoms with Crippen molar-refractivity contribution in [3.8, 4) is 0 Å². The monoisotopic (exact) mass is 402 g/mol. The summed E-state index contributed by atoms with van der Waals surface area (Å²) in [6.07, 6.45) is 13.9. The van der Waals surface area contributed by atoms with Gasteiger partial charge in [-0.05, 0) is 92.3 Å². The van der Waals surface area contributed by atoms with Gasteiger partial charge in [0.25, 0.3) is 0 Å². The first-order valence-electron chi connectivity index (χ1n) is 12.9. The van der Waals surface area contributed by atoms with Gasteiger partial charge in [-0.3, -0.25) is 4.79 Å². The summed E-state index contributed by atoms with van der Waals surface area (Å²) in [5.41, 5.74) is -0.710. The maximum atomic E-state index is 12.8. The van der Waals surface area contributed by atoms with E-state index in [1.807, 2.05) is 0 Å². The first kappa shape index (κ1) is 21.8. The standard InChI is InChI=1S/C27H46O2/c1-18(2)8-6-9-19(3)21-11-12-22-20-13-17-27(29)24(28)10-7-15-26(27,5)23(20)14-16-25(21,22)4/h18-23,29H,6-17H2,1-5H3. The van der Waals surface area contributed by atoms with Crippen LogP contribution < -0.4 is 0 Å². The lowest BCUT2D eigenvalue weighted by Gasteiger charge is -2.62. The van der Waals surface area contributed by atoms with E-state index in [1.54, 1.807) is 0 Å². The number of aliphatic hydroxyl groups is 1. The molecule has 0 saturated heterocycles. The molecule has 4 fully saturated rings. The van der Waals surface area contributed by atoms with Crippen LogP contribution in [0.1, 0.15) is 112 Å². The molecule has 2 nitrogen and oxygen atoms in total. The summed E-state index contributed by atoms with van der Waals surface area (Å²) in [4.78, 5) is 12.8. The quantitative estimate of drug-likeness (QED) is 0.549. The third-order valence-electron chi connectivity index (χ3n) is 10.8. The van der Waals surface area contributed by atoms with E-state index in [0.717, 1.165) is 55.3 Å². The highest BCUT2D eigenvalue weighted by Crippen LogP contribution is 2.68. The minimum Gasteiger partial charge on any atom is -0.381 e. The Labute approximate surface area is 179 Å². The number of rotatable bonds is 5. The van der Waals surface area contributed by atoms with E-state index >= 15 is 0 Å². The van der Waals surface area contributed by atoms with Crippen LogP contribution in [0.5, 0.6) is 0 Å². The molecule has 8 atom stereocenters. The average molecular weight is 403 g/mol. The number of carbonyl (C=O) groups is 1. The van der Waals surface area contributed by atoms with Crippen molar-refractivity contribution in [2.24, 2.45) is 46.3 Å². The molecule has 0 spiro atoms. The van der Waals surface area contributed by atoms with Crippen LogP contribution in [0.2, 0.25) is 0 Å². The van der Waals surface area contributed by atoms with Crippen LogP contribution in [0.15, 0.2) is 0 Å². The highest BCUT2D eigenvalue weighted by Gasteiger charge is 2.66. The summed E-state index contributed by atoms with van der Waals surface area (Å²) >= 11 is 0. The Hall–Kier alpha value is -0.370. The van der Waals surface area contributed by atoms with Gasteiger partial charge in [-0.1, -0.05) is 53.9 Å². The Kier molecular flexibility index (Phi) is 5.76. The third-order valence-corrected chi connectivity index (χ3v) is 10.8. The average Bonchev–Trinajstić information content (AvgIpc) is 3.01. The largest absolute Gasteiger partial charge is 0.381 e. The predicted molar refractivity (Wildman–Crippen MR) is 120 cm³/mol. The lowest BCUT2D eigenvalue weighted by atomic mass is 9.43. The zero-order valence-corrected chi connectivity index (χ0v) is 19.8. The molecule has 4 rings (SSSR count). The molecule has 8 unspecified atom stereocenters. The predicted octanol–water partition coefficient (Wildman–Crippen LogP) is 6.79. The van der Waals surface area contributed by atoms with Crippen molar-refractivity contribution < 1.29 is 9.90 Å². The van der Waals surface area contributed by atoms with E-state index in [-0.39, 0.29) is 11.2 Å². The lowest BCUT2D eigenvalue weighted by Crippen LogP contribution is -2.64. The topological polar surface area (TPSA) is 37.3 Å². The smallest absolute Gasteiger partial charge is 0.164 e. The molecule has 0 radical (unpaired) electrons. The number of carbonyl (C=O) groups excluding carboxylic acids is 1. The van der Waals surface area contributed by atoms with Gasteiger partial charge in [0.05, 0.1) is 0 Å². The fourth-order valence-corrected chi connectivity index (χ4v) is 9.15. The van der Waals surface area contributed by atoms with E-state index in [2.05, 4.69) is 34.6 Å². The SMILES string of the molecule is CC(C)CCCC(C)C1CCC2C3CCC4(O)C(=O)CCCC4(C)C3CCC12C. The fourth-order valence-electron chi connectivity index (χ4n) is 9.15. The van der Waals surface area contributed by atoms with Crippen molar-refractivity contribution in [2.75, 3.05) is 0 Å². The second kappa shape index (κ2) is 7.64. The van der Waals surface area contributed by atoms with Crippen LogP contribution in [0.25, 0.3) is 0 Å². The maximum absolute atomic E-state index is 12.8. The van der Waals surface area contributed by atoms with Gasteiger partial charge in [-0.25, -0.2) is 0 Å². The molecular formula is C27H46O2. The van der Waals surface area contributed by atoms with E-state index < -0.39 is 5.60 Å². The number of hydrogen-bond donors (Lipinski definition) is 1. The van der Waals surface area contributed by atoms with Crippen molar-refractivity contribution in [1.29, 1.82) is 0 Å². The molecule has 4 aliphatic rings. The molecule has 2 heteroatoms. The third kappa shape index (κ3) is 3.26. The lowest BCUT2D eigenvalue weighted by molar-refractivity contribution is -0.203. The molecule has 166 valence electrons. The van der Waals surface area contributed by atoms with Crippen molar-refractivity contribution in [2.45, 2.75) is 117 Å². The molecule has 4 aliphatic carbocycles.